The van der Waals surface area contributed by atoms with Crippen LogP contribution in [-0.4, -0.2) is 66.4 Å². The molecule has 2 atom stereocenters. The van der Waals surface area contributed by atoms with Crippen LogP contribution in [0.25, 0.3) is 0 Å². The zero-order valence-corrected chi connectivity index (χ0v) is 18.5. The van der Waals surface area contributed by atoms with Crippen molar-refractivity contribution in [3.63, 3.8) is 0 Å². The van der Waals surface area contributed by atoms with Gasteiger partial charge in [-0.3, -0.25) is 9.69 Å². The van der Waals surface area contributed by atoms with E-state index in [2.05, 4.69) is 20.8 Å². The minimum Gasteiger partial charge on any atom is -0.444 e. The molecule has 0 saturated carbocycles. The minimum absolute atomic E-state index is 0.0116. The highest BCUT2D eigenvalue weighted by Gasteiger charge is 2.37. The Morgan fingerprint density at radius 1 is 1.38 bits per heavy atom. The van der Waals surface area contributed by atoms with Gasteiger partial charge in [0.1, 0.15) is 5.60 Å². The average molecular weight is 427 g/mol. The summed E-state index contributed by atoms with van der Waals surface area (Å²) in [5.74, 6) is -0.0116. The van der Waals surface area contributed by atoms with Gasteiger partial charge in [-0.2, -0.15) is 4.68 Å². The Kier molecular flexibility index (Phi) is 7.88. The predicted molar refractivity (Wildman–Crippen MR) is 109 cm³/mol. The number of carbonyl (C=O) groups excluding carboxylic acids is 2. The summed E-state index contributed by atoms with van der Waals surface area (Å²) in [6.07, 6.45) is 2.80. The van der Waals surface area contributed by atoms with Crippen LogP contribution in [0.15, 0.2) is 0 Å². The fraction of sp³-hybridized carbons (Fsp3) is 0.778. The topological polar surface area (TPSA) is 111 Å². The van der Waals surface area contributed by atoms with Crippen LogP contribution >= 0.6 is 12.2 Å². The fourth-order valence-electron chi connectivity index (χ4n) is 3.18. The molecule has 1 N–H and O–H groups in total. The second-order valence-electron chi connectivity index (χ2n) is 8.11. The lowest BCUT2D eigenvalue weighted by Crippen LogP contribution is -2.46. The highest BCUT2D eigenvalue weighted by molar-refractivity contribution is 7.80. The van der Waals surface area contributed by atoms with Crippen molar-refractivity contribution in [1.29, 1.82) is 0 Å². The van der Waals surface area contributed by atoms with Crippen LogP contribution in [0.1, 0.15) is 59.8 Å². The second kappa shape index (κ2) is 9.95. The van der Waals surface area contributed by atoms with E-state index in [9.17, 15) is 9.59 Å². The Bertz CT molecular complexity index is 732. The summed E-state index contributed by atoms with van der Waals surface area (Å²) >= 11 is 5.23. The van der Waals surface area contributed by atoms with Crippen molar-refractivity contribution in [2.24, 2.45) is 7.05 Å². The zero-order chi connectivity index (χ0) is 21.6. The van der Waals surface area contributed by atoms with Crippen molar-refractivity contribution in [2.75, 3.05) is 6.54 Å². The molecule has 0 bridgehead atoms. The van der Waals surface area contributed by atoms with Crippen LogP contribution in [0.5, 0.6) is 6.01 Å². The lowest BCUT2D eigenvalue weighted by molar-refractivity contribution is -0.123. The van der Waals surface area contributed by atoms with Gasteiger partial charge in [-0.15, -0.1) is 0 Å². The maximum Gasteiger partial charge on any atom is 0.410 e. The number of nitrogens with zero attached hydrogens (tertiary/aromatic N) is 5. The molecule has 0 radical (unpaired) electrons. The number of ketones is 1. The van der Waals surface area contributed by atoms with E-state index in [0.717, 1.165) is 19.3 Å². The van der Waals surface area contributed by atoms with Crippen molar-refractivity contribution in [2.45, 2.75) is 77.5 Å². The van der Waals surface area contributed by atoms with Crippen molar-refractivity contribution in [3.05, 3.63) is 0 Å². The normalized spacial score (nSPS) is 17.7. The summed E-state index contributed by atoms with van der Waals surface area (Å²) < 4.78 is 12.2. The number of carbonyl (C=O) groups is 2. The Morgan fingerprint density at radius 3 is 2.69 bits per heavy atom. The summed E-state index contributed by atoms with van der Waals surface area (Å²) in [6, 6.07) is -0.512. The quantitative estimate of drug-likeness (QED) is 0.654. The lowest BCUT2D eigenvalue weighted by Gasteiger charge is -2.29. The van der Waals surface area contributed by atoms with Gasteiger partial charge in [0.25, 0.3) is 5.17 Å². The maximum absolute atomic E-state index is 13.0. The van der Waals surface area contributed by atoms with Gasteiger partial charge in [0.2, 0.25) is 0 Å². The monoisotopic (exact) mass is 426 g/mol. The van der Waals surface area contributed by atoms with Gasteiger partial charge < -0.3 is 14.8 Å². The first-order valence-electron chi connectivity index (χ1n) is 9.83. The Morgan fingerprint density at radius 2 is 2.10 bits per heavy atom. The van der Waals surface area contributed by atoms with E-state index in [0.29, 0.717) is 13.0 Å². The van der Waals surface area contributed by atoms with E-state index in [1.54, 1.807) is 7.05 Å². The summed E-state index contributed by atoms with van der Waals surface area (Å²) in [4.78, 5) is 26.9. The number of thiocarbonyl (C=S) groups is 1. The Balaban J connectivity index is 1.96. The molecule has 11 heteroatoms. The van der Waals surface area contributed by atoms with E-state index in [-0.39, 0.29) is 29.4 Å². The van der Waals surface area contributed by atoms with Crippen molar-refractivity contribution in [3.8, 4) is 6.01 Å². The van der Waals surface area contributed by atoms with Crippen molar-refractivity contribution in [1.82, 2.24) is 30.4 Å². The van der Waals surface area contributed by atoms with E-state index in [4.69, 9.17) is 21.7 Å². The number of aryl methyl sites for hydroxylation is 1. The molecule has 2 heterocycles. The molecule has 29 heavy (non-hydrogen) atoms. The number of rotatable bonds is 7. The average Bonchev–Trinajstić information content (AvgIpc) is 3.23. The first kappa shape index (κ1) is 23.0. The van der Waals surface area contributed by atoms with Crippen LogP contribution in [-0.2, 0) is 16.6 Å². The summed E-state index contributed by atoms with van der Waals surface area (Å²) in [7, 11) is 1.64. The molecule has 0 aromatic carbocycles. The molecule has 0 aliphatic carbocycles. The molecule has 1 saturated heterocycles. The summed E-state index contributed by atoms with van der Waals surface area (Å²) in [5.41, 5.74) is -0.599. The van der Waals surface area contributed by atoms with Crippen LogP contribution in [0.3, 0.4) is 0 Å². The molecule has 10 nitrogen and oxygen atoms in total. The highest BCUT2D eigenvalue weighted by Crippen LogP contribution is 2.23. The van der Waals surface area contributed by atoms with Gasteiger partial charge in [-0.05, 0) is 62.7 Å². The first-order valence-corrected chi connectivity index (χ1v) is 10.2. The standard InChI is InChI=1S/C18H30N6O4S/c1-6-8-12(19-16(29)27-15-20-21-22-23(15)5)11-14(25)13-9-7-10-24(13)17(26)28-18(2,3)4/h12-13H,6-11H2,1-5H3,(H,19,29)/t12?,13-/m0/s1. The lowest BCUT2D eigenvalue weighted by atomic mass is 10.00. The third-order valence-electron chi connectivity index (χ3n) is 4.42. The summed E-state index contributed by atoms with van der Waals surface area (Å²) in [5, 5.41) is 14.0. The first-order chi connectivity index (χ1) is 13.6. The summed E-state index contributed by atoms with van der Waals surface area (Å²) in [6.45, 7) is 7.99. The molecule has 1 fully saturated rings. The van der Waals surface area contributed by atoms with E-state index in [1.165, 1.54) is 9.58 Å². The van der Waals surface area contributed by atoms with Gasteiger partial charge in [0, 0.05) is 26.1 Å². The van der Waals surface area contributed by atoms with Gasteiger partial charge in [-0.25, -0.2) is 4.79 Å². The van der Waals surface area contributed by atoms with Gasteiger partial charge in [0.15, 0.2) is 5.78 Å². The number of hydrogen-bond acceptors (Lipinski definition) is 8. The molecule has 1 aliphatic heterocycles. The second-order valence-corrected chi connectivity index (χ2v) is 8.48. The number of ether oxygens (including phenoxy) is 2. The molecule has 1 amide bonds. The van der Waals surface area contributed by atoms with E-state index in [1.807, 2.05) is 27.7 Å². The van der Waals surface area contributed by atoms with Gasteiger partial charge in [0.05, 0.1) is 6.04 Å². The molecule has 2 rings (SSSR count). The number of Topliss-reactive ketones (excluding diaryl/α,β-unsaturated/α-hetero) is 1. The number of aromatic nitrogens is 4. The number of amides is 1. The molecular weight excluding hydrogens is 396 g/mol. The number of nitrogens with one attached hydrogen (secondary N) is 1. The molecule has 162 valence electrons. The van der Waals surface area contributed by atoms with Gasteiger partial charge >= 0.3 is 12.1 Å². The van der Waals surface area contributed by atoms with Crippen LogP contribution < -0.4 is 10.1 Å². The maximum atomic E-state index is 13.0. The highest BCUT2D eigenvalue weighted by atomic mass is 32.1. The van der Waals surface area contributed by atoms with E-state index >= 15 is 0 Å². The van der Waals surface area contributed by atoms with Crippen LogP contribution in [0.4, 0.5) is 4.79 Å². The van der Waals surface area contributed by atoms with Gasteiger partial charge in [-0.1, -0.05) is 18.4 Å². The number of hydrogen-bond donors (Lipinski definition) is 1. The third-order valence-corrected chi connectivity index (χ3v) is 4.63. The number of tetrazole rings is 1. The zero-order valence-electron chi connectivity index (χ0n) is 17.7. The van der Waals surface area contributed by atoms with Crippen LogP contribution in [0, 0.1) is 0 Å². The molecular formula is C18H30N6O4S. The molecule has 1 aromatic rings. The molecule has 1 aliphatic rings. The third kappa shape index (κ3) is 6.91. The number of likely N-dealkylation sites (tertiary alicyclic amines) is 1. The Labute approximate surface area is 176 Å². The predicted octanol–water partition coefficient (Wildman–Crippen LogP) is 1.99. The van der Waals surface area contributed by atoms with Crippen LogP contribution in [0.2, 0.25) is 0 Å². The molecule has 1 aromatic heterocycles. The SMILES string of the molecule is CCCC(CC(=O)[C@@H]1CCCN1C(=O)OC(C)(C)C)NC(=S)Oc1nnnn1C. The Hall–Kier alpha value is -2.30. The van der Waals surface area contributed by atoms with Crippen molar-refractivity contribution >= 4 is 29.3 Å². The van der Waals surface area contributed by atoms with E-state index < -0.39 is 17.7 Å². The van der Waals surface area contributed by atoms with Crippen molar-refractivity contribution < 1.29 is 19.1 Å². The largest absolute Gasteiger partial charge is 0.444 e. The fourth-order valence-corrected chi connectivity index (χ4v) is 3.42. The smallest absolute Gasteiger partial charge is 0.410 e. The molecule has 0 spiro atoms. The molecule has 1 unspecified atom stereocenters. The minimum atomic E-state index is -0.599.